The summed E-state index contributed by atoms with van der Waals surface area (Å²) in [5.74, 6) is 0. The lowest BCUT2D eigenvalue weighted by Crippen LogP contribution is -1.97. The number of benzene rings is 1. The number of pyridine rings is 2. The largest absolute Gasteiger partial charge is 0.296 e. The standard InChI is InChI=1S/C18H17N3/c1-4-13-6-5-7-14-16-10-19-9-8-15(16)18-20-11(2)12(3)21(18)17(13)14/h5-10H,4H2,1-3H3. The van der Waals surface area contributed by atoms with Gasteiger partial charge in [0.15, 0.2) is 0 Å². The molecule has 4 aromatic rings. The fraction of sp³-hybridized carbons (Fsp3) is 0.222. The zero-order chi connectivity index (χ0) is 14.6. The molecule has 0 aliphatic heterocycles. The van der Waals surface area contributed by atoms with Crippen molar-refractivity contribution in [3.63, 3.8) is 0 Å². The van der Waals surface area contributed by atoms with Crippen molar-refractivity contribution in [2.75, 3.05) is 0 Å². The van der Waals surface area contributed by atoms with E-state index in [1.54, 1.807) is 0 Å². The predicted molar refractivity (Wildman–Crippen MR) is 86.9 cm³/mol. The quantitative estimate of drug-likeness (QED) is 0.487. The third kappa shape index (κ3) is 1.54. The van der Waals surface area contributed by atoms with Crippen molar-refractivity contribution in [1.82, 2.24) is 14.4 Å². The summed E-state index contributed by atoms with van der Waals surface area (Å²) in [7, 11) is 0. The van der Waals surface area contributed by atoms with Crippen LogP contribution in [0.5, 0.6) is 0 Å². The highest BCUT2D eigenvalue weighted by molar-refractivity contribution is 6.12. The first-order valence-corrected chi connectivity index (χ1v) is 7.35. The van der Waals surface area contributed by atoms with Gasteiger partial charge in [0.2, 0.25) is 0 Å². The van der Waals surface area contributed by atoms with E-state index < -0.39 is 0 Å². The fourth-order valence-corrected chi connectivity index (χ4v) is 3.23. The van der Waals surface area contributed by atoms with Gasteiger partial charge in [-0.25, -0.2) is 4.98 Å². The molecule has 0 fully saturated rings. The average Bonchev–Trinajstić information content (AvgIpc) is 2.83. The summed E-state index contributed by atoms with van der Waals surface area (Å²) < 4.78 is 2.31. The van der Waals surface area contributed by atoms with Crippen molar-refractivity contribution in [2.24, 2.45) is 0 Å². The topological polar surface area (TPSA) is 30.2 Å². The summed E-state index contributed by atoms with van der Waals surface area (Å²) in [5.41, 5.74) is 5.97. The van der Waals surface area contributed by atoms with Crippen LogP contribution in [0, 0.1) is 13.8 Å². The first-order valence-electron chi connectivity index (χ1n) is 7.35. The second-order valence-electron chi connectivity index (χ2n) is 5.53. The van der Waals surface area contributed by atoms with Crippen molar-refractivity contribution in [3.8, 4) is 0 Å². The first-order chi connectivity index (χ1) is 10.2. The minimum Gasteiger partial charge on any atom is -0.296 e. The summed E-state index contributed by atoms with van der Waals surface area (Å²) in [4.78, 5) is 9.12. The molecule has 0 saturated heterocycles. The van der Waals surface area contributed by atoms with E-state index in [2.05, 4.69) is 54.4 Å². The highest BCUT2D eigenvalue weighted by Crippen LogP contribution is 2.32. The van der Waals surface area contributed by atoms with E-state index in [4.69, 9.17) is 4.98 Å². The van der Waals surface area contributed by atoms with Gasteiger partial charge >= 0.3 is 0 Å². The van der Waals surface area contributed by atoms with Gasteiger partial charge in [-0.15, -0.1) is 0 Å². The number of aryl methyl sites for hydroxylation is 3. The van der Waals surface area contributed by atoms with Gasteiger partial charge in [0.25, 0.3) is 0 Å². The summed E-state index contributed by atoms with van der Waals surface area (Å²) >= 11 is 0. The van der Waals surface area contributed by atoms with Crippen LogP contribution in [0.2, 0.25) is 0 Å². The Labute approximate surface area is 123 Å². The van der Waals surface area contributed by atoms with Gasteiger partial charge in [-0.05, 0) is 31.9 Å². The SMILES string of the molecule is CCc1cccc2c3cnccc3c3nc(C)c(C)n3c12. The Bertz CT molecular complexity index is 996. The van der Waals surface area contributed by atoms with Crippen molar-refractivity contribution < 1.29 is 0 Å². The van der Waals surface area contributed by atoms with Crippen LogP contribution >= 0.6 is 0 Å². The monoisotopic (exact) mass is 275 g/mol. The van der Waals surface area contributed by atoms with Crippen molar-refractivity contribution >= 4 is 27.3 Å². The van der Waals surface area contributed by atoms with E-state index in [0.29, 0.717) is 0 Å². The third-order valence-electron chi connectivity index (χ3n) is 4.42. The van der Waals surface area contributed by atoms with Crippen LogP contribution in [0.3, 0.4) is 0 Å². The maximum absolute atomic E-state index is 4.80. The minimum atomic E-state index is 1.01. The Morgan fingerprint density at radius 2 is 1.90 bits per heavy atom. The summed E-state index contributed by atoms with van der Waals surface area (Å²) in [6, 6.07) is 8.60. The van der Waals surface area contributed by atoms with Crippen molar-refractivity contribution in [1.29, 1.82) is 0 Å². The fourth-order valence-electron chi connectivity index (χ4n) is 3.23. The Morgan fingerprint density at radius 1 is 1.05 bits per heavy atom. The van der Waals surface area contributed by atoms with Crippen LogP contribution in [0.25, 0.3) is 27.3 Å². The maximum Gasteiger partial charge on any atom is 0.145 e. The van der Waals surface area contributed by atoms with Gasteiger partial charge in [0, 0.05) is 34.2 Å². The summed E-state index contributed by atoms with van der Waals surface area (Å²) in [6.45, 7) is 6.43. The van der Waals surface area contributed by atoms with Gasteiger partial charge in [-0.2, -0.15) is 0 Å². The van der Waals surface area contributed by atoms with Gasteiger partial charge in [0.05, 0.1) is 11.2 Å². The van der Waals surface area contributed by atoms with Gasteiger partial charge in [-0.3, -0.25) is 9.38 Å². The molecule has 0 radical (unpaired) electrons. The lowest BCUT2D eigenvalue weighted by atomic mass is 10.0. The molecule has 0 amide bonds. The molecule has 0 atom stereocenters. The number of nitrogens with zero attached hydrogens (tertiary/aromatic N) is 3. The Balaban J connectivity index is 2.45. The van der Waals surface area contributed by atoms with Crippen LogP contribution in [-0.4, -0.2) is 14.4 Å². The molecule has 0 N–H and O–H groups in total. The highest BCUT2D eigenvalue weighted by Gasteiger charge is 2.15. The smallest absolute Gasteiger partial charge is 0.145 e. The molecule has 3 heterocycles. The molecule has 3 nitrogen and oxygen atoms in total. The lowest BCUT2D eigenvalue weighted by Gasteiger charge is -2.12. The second-order valence-corrected chi connectivity index (χ2v) is 5.53. The number of hydrogen-bond acceptors (Lipinski definition) is 2. The Hall–Kier alpha value is -2.42. The number of fused-ring (bicyclic) bond motifs is 6. The normalized spacial score (nSPS) is 11.8. The Morgan fingerprint density at radius 3 is 2.71 bits per heavy atom. The van der Waals surface area contributed by atoms with E-state index in [1.165, 1.54) is 32.9 Å². The average molecular weight is 275 g/mol. The van der Waals surface area contributed by atoms with Crippen LogP contribution in [0.15, 0.2) is 36.7 Å². The van der Waals surface area contributed by atoms with E-state index in [0.717, 1.165) is 17.8 Å². The van der Waals surface area contributed by atoms with Gasteiger partial charge in [-0.1, -0.05) is 25.1 Å². The third-order valence-corrected chi connectivity index (χ3v) is 4.42. The molecule has 0 aliphatic rings. The number of hydrogen-bond donors (Lipinski definition) is 0. The van der Waals surface area contributed by atoms with Crippen LogP contribution in [0.4, 0.5) is 0 Å². The lowest BCUT2D eigenvalue weighted by molar-refractivity contribution is 1.09. The Kier molecular flexibility index (Phi) is 2.52. The second kappa shape index (κ2) is 4.29. The van der Waals surface area contributed by atoms with Gasteiger partial charge < -0.3 is 0 Å². The highest BCUT2D eigenvalue weighted by atomic mass is 15.0. The van der Waals surface area contributed by atoms with Crippen LogP contribution in [-0.2, 0) is 6.42 Å². The molecule has 0 aliphatic carbocycles. The molecule has 1 aromatic carbocycles. The molecule has 3 aromatic heterocycles. The van der Waals surface area contributed by atoms with Gasteiger partial charge in [0.1, 0.15) is 5.65 Å². The van der Waals surface area contributed by atoms with E-state index in [-0.39, 0.29) is 0 Å². The number of aromatic nitrogens is 3. The minimum absolute atomic E-state index is 1.01. The molecular formula is C18H17N3. The van der Waals surface area contributed by atoms with E-state index in [1.807, 2.05) is 12.4 Å². The van der Waals surface area contributed by atoms with Crippen LogP contribution < -0.4 is 0 Å². The summed E-state index contributed by atoms with van der Waals surface area (Å²) in [5, 5.41) is 3.60. The van der Waals surface area contributed by atoms with Crippen LogP contribution in [0.1, 0.15) is 23.9 Å². The summed E-state index contributed by atoms with van der Waals surface area (Å²) in [6.07, 6.45) is 4.81. The van der Waals surface area contributed by atoms with Crippen molar-refractivity contribution in [2.45, 2.75) is 27.2 Å². The molecule has 0 saturated carbocycles. The zero-order valence-electron chi connectivity index (χ0n) is 12.5. The number of para-hydroxylation sites is 1. The molecule has 0 unspecified atom stereocenters. The molecule has 3 heteroatoms. The van der Waals surface area contributed by atoms with Crippen molar-refractivity contribution in [3.05, 3.63) is 53.6 Å². The molecule has 21 heavy (non-hydrogen) atoms. The predicted octanol–water partition coefficient (Wildman–Crippen LogP) is 4.21. The maximum atomic E-state index is 4.80. The first kappa shape index (κ1) is 12.3. The van der Waals surface area contributed by atoms with E-state index in [9.17, 15) is 0 Å². The molecule has 0 spiro atoms. The molecule has 4 rings (SSSR count). The number of rotatable bonds is 1. The number of imidazole rings is 1. The molecule has 0 bridgehead atoms. The molecular weight excluding hydrogens is 258 g/mol. The molecule has 104 valence electrons. The van der Waals surface area contributed by atoms with E-state index >= 15 is 0 Å². The zero-order valence-corrected chi connectivity index (χ0v) is 12.5.